The van der Waals surface area contributed by atoms with Gasteiger partial charge in [0, 0.05) is 5.69 Å². The van der Waals surface area contributed by atoms with E-state index in [1.165, 1.54) is 9.80 Å². The molecule has 1 amide bonds. The Morgan fingerprint density at radius 1 is 1.00 bits per heavy atom. The standard InChI is InChI=1S/C24H33N3O4/c1-17-7-6-8-20(15-17)25-24(28)18(2)27-13-11-26(12-14-27)16-19-9-10-21(29-3)23(31-5)22(19)30-4/h6-10,15,18H,11-14,16H2,1-5H3,(H,25,28)/p+2/t18-/m1/s1. The number of hydrogen-bond acceptors (Lipinski definition) is 4. The fraction of sp³-hybridized carbons (Fsp3) is 0.458. The highest BCUT2D eigenvalue weighted by molar-refractivity contribution is 5.93. The van der Waals surface area contributed by atoms with E-state index in [-0.39, 0.29) is 11.9 Å². The van der Waals surface area contributed by atoms with Crippen molar-refractivity contribution in [3.05, 3.63) is 47.5 Å². The van der Waals surface area contributed by atoms with Crippen LogP contribution in [-0.4, -0.2) is 59.5 Å². The average molecular weight is 430 g/mol. The summed E-state index contributed by atoms with van der Waals surface area (Å²) in [5, 5.41) is 3.06. The second kappa shape index (κ2) is 10.5. The van der Waals surface area contributed by atoms with Crippen molar-refractivity contribution in [1.82, 2.24) is 0 Å². The summed E-state index contributed by atoms with van der Waals surface area (Å²) in [6.45, 7) is 8.79. The molecule has 0 radical (unpaired) electrons. The maximum absolute atomic E-state index is 12.7. The van der Waals surface area contributed by atoms with Gasteiger partial charge in [-0.2, -0.15) is 0 Å². The van der Waals surface area contributed by atoms with Gasteiger partial charge in [0.15, 0.2) is 17.5 Å². The van der Waals surface area contributed by atoms with E-state index in [4.69, 9.17) is 14.2 Å². The average Bonchev–Trinajstić information content (AvgIpc) is 2.78. The van der Waals surface area contributed by atoms with E-state index in [9.17, 15) is 4.79 Å². The molecule has 1 aliphatic heterocycles. The van der Waals surface area contributed by atoms with Crippen molar-refractivity contribution in [2.75, 3.05) is 52.8 Å². The number of quaternary nitrogens is 2. The molecule has 7 heteroatoms. The van der Waals surface area contributed by atoms with Gasteiger partial charge in [-0.1, -0.05) is 12.1 Å². The number of nitrogens with one attached hydrogen (secondary N) is 3. The van der Waals surface area contributed by atoms with Gasteiger partial charge in [-0.3, -0.25) is 4.79 Å². The molecular weight excluding hydrogens is 394 g/mol. The number of hydrogen-bond donors (Lipinski definition) is 3. The molecule has 0 spiro atoms. The minimum atomic E-state index is -0.0855. The summed E-state index contributed by atoms with van der Waals surface area (Å²) >= 11 is 0. The van der Waals surface area contributed by atoms with Crippen molar-refractivity contribution in [1.29, 1.82) is 0 Å². The SMILES string of the molecule is COc1ccc(C[NH+]2CC[NH+]([C@H](C)C(=O)Nc3cccc(C)c3)CC2)c(OC)c1OC. The van der Waals surface area contributed by atoms with Crippen LogP contribution < -0.4 is 29.3 Å². The predicted octanol–water partition coefficient (Wildman–Crippen LogP) is 0.331. The van der Waals surface area contributed by atoms with Crippen molar-refractivity contribution in [3.8, 4) is 17.2 Å². The number of rotatable bonds is 8. The highest BCUT2D eigenvalue weighted by atomic mass is 16.5. The van der Waals surface area contributed by atoms with Crippen LogP contribution in [0.2, 0.25) is 0 Å². The molecule has 2 aromatic carbocycles. The second-order valence-corrected chi connectivity index (χ2v) is 8.16. The van der Waals surface area contributed by atoms with Crippen molar-refractivity contribution in [3.63, 3.8) is 0 Å². The Morgan fingerprint density at radius 2 is 1.71 bits per heavy atom. The zero-order valence-electron chi connectivity index (χ0n) is 19.2. The predicted molar refractivity (Wildman–Crippen MR) is 120 cm³/mol. The summed E-state index contributed by atoms with van der Waals surface area (Å²) in [6.07, 6.45) is 0. The van der Waals surface area contributed by atoms with Crippen molar-refractivity contribution in [2.45, 2.75) is 26.4 Å². The number of anilines is 1. The number of methoxy groups -OCH3 is 3. The fourth-order valence-corrected chi connectivity index (χ4v) is 4.26. The molecule has 0 bridgehead atoms. The summed E-state index contributed by atoms with van der Waals surface area (Å²) in [5.74, 6) is 2.11. The Hall–Kier alpha value is -2.77. The van der Waals surface area contributed by atoms with Crippen LogP contribution in [0.1, 0.15) is 18.1 Å². The van der Waals surface area contributed by atoms with Gasteiger partial charge in [0.2, 0.25) is 5.75 Å². The second-order valence-electron chi connectivity index (χ2n) is 8.16. The highest BCUT2D eigenvalue weighted by Crippen LogP contribution is 2.39. The van der Waals surface area contributed by atoms with Crippen molar-refractivity contribution in [2.24, 2.45) is 0 Å². The first kappa shape index (κ1) is 22.9. The van der Waals surface area contributed by atoms with E-state index in [1.54, 1.807) is 21.3 Å². The summed E-state index contributed by atoms with van der Waals surface area (Å²) in [5.41, 5.74) is 3.10. The van der Waals surface area contributed by atoms with Crippen LogP contribution in [0.15, 0.2) is 36.4 Å². The van der Waals surface area contributed by atoms with E-state index < -0.39 is 0 Å². The molecular formula is C24H35N3O4+2. The van der Waals surface area contributed by atoms with Crippen LogP contribution in [0.5, 0.6) is 17.2 Å². The van der Waals surface area contributed by atoms with Crippen LogP contribution in [0.25, 0.3) is 0 Å². The normalized spacial score (nSPS) is 19.4. The number of piperazine rings is 1. The lowest BCUT2D eigenvalue weighted by atomic mass is 10.1. The minimum absolute atomic E-state index is 0.0746. The van der Waals surface area contributed by atoms with Crippen LogP contribution in [0.3, 0.4) is 0 Å². The number of aryl methyl sites for hydroxylation is 1. The monoisotopic (exact) mass is 429 g/mol. The molecule has 168 valence electrons. The Kier molecular flexibility index (Phi) is 7.76. The molecule has 7 nitrogen and oxygen atoms in total. The molecule has 0 unspecified atom stereocenters. The topological polar surface area (TPSA) is 65.7 Å². The van der Waals surface area contributed by atoms with Gasteiger partial charge in [-0.05, 0) is 43.7 Å². The number of ether oxygens (including phenoxy) is 3. The maximum atomic E-state index is 12.7. The molecule has 1 saturated heterocycles. The quantitative estimate of drug-likeness (QED) is 0.566. The van der Waals surface area contributed by atoms with Crippen molar-refractivity contribution < 1.29 is 28.8 Å². The molecule has 0 aromatic heterocycles. The Balaban J connectivity index is 1.58. The van der Waals surface area contributed by atoms with E-state index in [0.29, 0.717) is 11.5 Å². The molecule has 1 aliphatic rings. The summed E-state index contributed by atoms with van der Waals surface area (Å²) in [6, 6.07) is 11.8. The molecule has 2 aromatic rings. The number of amides is 1. The highest BCUT2D eigenvalue weighted by Gasteiger charge is 2.32. The van der Waals surface area contributed by atoms with Crippen LogP contribution in [0.4, 0.5) is 5.69 Å². The van der Waals surface area contributed by atoms with Crippen LogP contribution in [-0.2, 0) is 11.3 Å². The van der Waals surface area contributed by atoms with Gasteiger partial charge in [0.1, 0.15) is 32.7 Å². The lowest BCUT2D eigenvalue weighted by Gasteiger charge is -2.33. The Morgan fingerprint density at radius 3 is 2.32 bits per heavy atom. The van der Waals surface area contributed by atoms with Gasteiger partial charge in [-0.15, -0.1) is 0 Å². The number of benzene rings is 2. The summed E-state index contributed by atoms with van der Waals surface area (Å²) < 4.78 is 16.5. The summed E-state index contributed by atoms with van der Waals surface area (Å²) in [7, 11) is 4.91. The zero-order chi connectivity index (χ0) is 22.4. The molecule has 3 N–H and O–H groups in total. The zero-order valence-corrected chi connectivity index (χ0v) is 19.2. The lowest BCUT2D eigenvalue weighted by molar-refractivity contribution is -1.02. The Bertz CT molecular complexity index is 894. The molecule has 0 aliphatic carbocycles. The third-order valence-electron chi connectivity index (χ3n) is 6.12. The first-order valence-corrected chi connectivity index (χ1v) is 10.8. The molecule has 0 saturated carbocycles. The van der Waals surface area contributed by atoms with E-state index in [2.05, 4.69) is 5.32 Å². The van der Waals surface area contributed by atoms with Gasteiger partial charge in [-0.25, -0.2) is 0 Å². The third kappa shape index (κ3) is 5.48. The first-order chi connectivity index (χ1) is 15.0. The van der Waals surface area contributed by atoms with Crippen LogP contribution in [0, 0.1) is 6.92 Å². The van der Waals surface area contributed by atoms with E-state index >= 15 is 0 Å². The maximum Gasteiger partial charge on any atom is 0.282 e. The van der Waals surface area contributed by atoms with Gasteiger partial charge >= 0.3 is 0 Å². The van der Waals surface area contributed by atoms with E-state index in [1.807, 2.05) is 50.2 Å². The molecule has 3 rings (SSSR count). The number of carbonyl (C=O) groups is 1. The van der Waals surface area contributed by atoms with Gasteiger partial charge in [0.25, 0.3) is 5.91 Å². The lowest BCUT2D eigenvalue weighted by Crippen LogP contribution is -3.29. The smallest absolute Gasteiger partial charge is 0.282 e. The molecule has 1 heterocycles. The molecule has 1 atom stereocenters. The molecule has 1 fully saturated rings. The summed E-state index contributed by atoms with van der Waals surface area (Å²) in [4.78, 5) is 15.5. The Labute approximate surface area is 184 Å². The molecule has 31 heavy (non-hydrogen) atoms. The van der Waals surface area contributed by atoms with Gasteiger partial charge < -0.3 is 29.3 Å². The van der Waals surface area contributed by atoms with E-state index in [0.717, 1.165) is 55.3 Å². The first-order valence-electron chi connectivity index (χ1n) is 10.8. The largest absolute Gasteiger partial charge is 0.493 e. The number of carbonyl (C=O) groups excluding carboxylic acids is 1. The van der Waals surface area contributed by atoms with Crippen LogP contribution >= 0.6 is 0 Å². The third-order valence-corrected chi connectivity index (χ3v) is 6.12. The minimum Gasteiger partial charge on any atom is -0.493 e. The van der Waals surface area contributed by atoms with Crippen molar-refractivity contribution >= 4 is 11.6 Å². The van der Waals surface area contributed by atoms with Gasteiger partial charge in [0.05, 0.1) is 26.9 Å². The fourth-order valence-electron chi connectivity index (χ4n) is 4.26.